The highest BCUT2D eigenvalue weighted by atomic mass is 16.6. The summed E-state index contributed by atoms with van der Waals surface area (Å²) in [6.07, 6.45) is 1.48. The molecule has 1 saturated heterocycles. The number of nitrogens with zero attached hydrogens (tertiary/aromatic N) is 2. The van der Waals surface area contributed by atoms with Crippen molar-refractivity contribution in [3.63, 3.8) is 0 Å². The molecule has 2 atom stereocenters. The minimum absolute atomic E-state index is 0.200. The average Bonchev–Trinajstić information content (AvgIpc) is 2.80. The van der Waals surface area contributed by atoms with Crippen LogP contribution in [-0.4, -0.2) is 62.0 Å². The second-order valence-corrected chi connectivity index (χ2v) is 7.91. The first-order valence-corrected chi connectivity index (χ1v) is 10.8. The Hall–Kier alpha value is -2.24. The van der Waals surface area contributed by atoms with E-state index in [-0.39, 0.29) is 12.0 Å². The smallest absolute Gasteiger partial charge is 0.184 e. The van der Waals surface area contributed by atoms with Gasteiger partial charge in [0.05, 0.1) is 11.8 Å². The van der Waals surface area contributed by atoms with Gasteiger partial charge in [0, 0.05) is 32.1 Å². The summed E-state index contributed by atoms with van der Waals surface area (Å²) in [6.45, 7) is 8.31. The van der Waals surface area contributed by atoms with Crippen LogP contribution in [0.15, 0.2) is 48.5 Å². The third-order valence-electron chi connectivity index (χ3n) is 6.13. The molecule has 5 heteroatoms. The summed E-state index contributed by atoms with van der Waals surface area (Å²) in [5.41, 5.74) is 2.39. The molecule has 2 aromatic carbocycles. The Morgan fingerprint density at radius 1 is 0.931 bits per heavy atom. The van der Waals surface area contributed by atoms with E-state index in [0.29, 0.717) is 13.2 Å². The van der Waals surface area contributed by atoms with Crippen molar-refractivity contribution >= 4 is 5.69 Å². The van der Waals surface area contributed by atoms with Gasteiger partial charge in [-0.15, -0.1) is 0 Å². The molecule has 0 amide bonds. The van der Waals surface area contributed by atoms with E-state index in [1.807, 2.05) is 18.2 Å². The number of hydrogen-bond acceptors (Lipinski definition) is 5. The fourth-order valence-electron chi connectivity index (χ4n) is 4.41. The van der Waals surface area contributed by atoms with Crippen molar-refractivity contribution in [2.75, 3.05) is 50.8 Å². The predicted octanol–water partition coefficient (Wildman–Crippen LogP) is 3.52. The van der Waals surface area contributed by atoms with Gasteiger partial charge in [-0.05, 0) is 37.1 Å². The van der Waals surface area contributed by atoms with Gasteiger partial charge in [0.15, 0.2) is 11.5 Å². The zero-order chi connectivity index (χ0) is 20.1. The fraction of sp³-hybridized carbons (Fsp3) is 0.500. The number of para-hydroxylation sites is 1. The van der Waals surface area contributed by atoms with E-state index in [9.17, 15) is 5.11 Å². The van der Waals surface area contributed by atoms with Crippen LogP contribution in [0.1, 0.15) is 31.2 Å². The molecular weight excluding hydrogens is 364 g/mol. The molecule has 1 fully saturated rings. The first-order valence-electron chi connectivity index (χ1n) is 10.8. The van der Waals surface area contributed by atoms with E-state index in [2.05, 4.69) is 47.1 Å². The van der Waals surface area contributed by atoms with Crippen molar-refractivity contribution in [3.05, 3.63) is 54.1 Å². The fourth-order valence-corrected chi connectivity index (χ4v) is 4.41. The number of rotatable bonds is 7. The molecule has 0 radical (unpaired) electrons. The summed E-state index contributed by atoms with van der Waals surface area (Å²) in [7, 11) is 0. The van der Waals surface area contributed by atoms with E-state index in [4.69, 9.17) is 9.47 Å². The van der Waals surface area contributed by atoms with Crippen molar-refractivity contribution in [1.82, 2.24) is 4.90 Å². The molecule has 29 heavy (non-hydrogen) atoms. The third kappa shape index (κ3) is 4.68. The Labute approximate surface area is 173 Å². The molecule has 5 nitrogen and oxygen atoms in total. The molecule has 2 aliphatic rings. The molecule has 0 saturated carbocycles. The van der Waals surface area contributed by atoms with Gasteiger partial charge in [0.25, 0.3) is 0 Å². The van der Waals surface area contributed by atoms with Crippen molar-refractivity contribution in [2.45, 2.75) is 31.8 Å². The zero-order valence-corrected chi connectivity index (χ0v) is 17.3. The summed E-state index contributed by atoms with van der Waals surface area (Å²) in [5, 5.41) is 10.6. The van der Waals surface area contributed by atoms with E-state index < -0.39 is 0 Å². The predicted molar refractivity (Wildman–Crippen MR) is 116 cm³/mol. The van der Waals surface area contributed by atoms with Gasteiger partial charge in [0.2, 0.25) is 0 Å². The molecule has 2 unspecified atom stereocenters. The maximum atomic E-state index is 10.6. The summed E-state index contributed by atoms with van der Waals surface area (Å²) in [4.78, 5) is 4.92. The summed E-state index contributed by atoms with van der Waals surface area (Å²) < 4.78 is 11.6. The monoisotopic (exact) mass is 396 g/mol. The van der Waals surface area contributed by atoms with Gasteiger partial charge in [0.1, 0.15) is 13.2 Å². The lowest BCUT2D eigenvalue weighted by atomic mass is 9.89. The Morgan fingerprint density at radius 2 is 1.69 bits per heavy atom. The van der Waals surface area contributed by atoms with Crippen LogP contribution in [0.2, 0.25) is 0 Å². The SMILES string of the molecule is CCC(O)C(CCN1CCN(c2cccc3c2OCCO3)CC1)c1ccccc1. The molecule has 4 rings (SSSR count). The lowest BCUT2D eigenvalue weighted by Gasteiger charge is -2.38. The normalized spacial score (nSPS) is 19.0. The Balaban J connectivity index is 1.34. The molecule has 2 aromatic rings. The first-order chi connectivity index (χ1) is 14.3. The number of fused-ring (bicyclic) bond motifs is 1. The Bertz CT molecular complexity index is 775. The van der Waals surface area contributed by atoms with Crippen LogP contribution in [-0.2, 0) is 0 Å². The average molecular weight is 397 g/mol. The van der Waals surface area contributed by atoms with Crippen LogP contribution >= 0.6 is 0 Å². The third-order valence-corrected chi connectivity index (χ3v) is 6.13. The highest BCUT2D eigenvalue weighted by molar-refractivity contribution is 5.65. The van der Waals surface area contributed by atoms with E-state index in [0.717, 1.165) is 62.8 Å². The number of anilines is 1. The van der Waals surface area contributed by atoms with Crippen LogP contribution < -0.4 is 14.4 Å². The number of aliphatic hydroxyl groups is 1. The molecule has 2 heterocycles. The quantitative estimate of drug-likeness (QED) is 0.776. The van der Waals surface area contributed by atoms with Gasteiger partial charge in [-0.1, -0.05) is 43.3 Å². The van der Waals surface area contributed by atoms with Crippen LogP contribution in [0.25, 0.3) is 0 Å². The molecule has 1 N–H and O–H groups in total. The largest absolute Gasteiger partial charge is 0.486 e. The van der Waals surface area contributed by atoms with E-state index >= 15 is 0 Å². The lowest BCUT2D eigenvalue weighted by Crippen LogP contribution is -2.47. The van der Waals surface area contributed by atoms with Crippen LogP contribution in [0.3, 0.4) is 0 Å². The van der Waals surface area contributed by atoms with Gasteiger partial charge in [-0.3, -0.25) is 4.90 Å². The Kier molecular flexibility index (Phi) is 6.57. The number of ether oxygens (including phenoxy) is 2. The summed E-state index contributed by atoms with van der Waals surface area (Å²) in [6, 6.07) is 16.6. The highest BCUT2D eigenvalue weighted by Gasteiger charge is 2.25. The highest BCUT2D eigenvalue weighted by Crippen LogP contribution is 2.39. The van der Waals surface area contributed by atoms with Gasteiger partial charge in [-0.2, -0.15) is 0 Å². The van der Waals surface area contributed by atoms with Crippen LogP contribution in [0.5, 0.6) is 11.5 Å². The van der Waals surface area contributed by atoms with Crippen LogP contribution in [0, 0.1) is 0 Å². The van der Waals surface area contributed by atoms with Gasteiger partial charge >= 0.3 is 0 Å². The maximum Gasteiger partial charge on any atom is 0.184 e. The molecule has 156 valence electrons. The second kappa shape index (κ2) is 9.51. The second-order valence-electron chi connectivity index (χ2n) is 7.91. The minimum atomic E-state index is -0.285. The minimum Gasteiger partial charge on any atom is -0.486 e. The van der Waals surface area contributed by atoms with Crippen molar-refractivity contribution in [3.8, 4) is 11.5 Å². The number of aliphatic hydroxyl groups excluding tert-OH is 1. The van der Waals surface area contributed by atoms with Crippen molar-refractivity contribution in [2.24, 2.45) is 0 Å². The first kappa shape index (κ1) is 20.0. The number of piperazine rings is 1. The standard InChI is InChI=1S/C24H32N2O3/c1-2-22(27)20(19-7-4-3-5-8-19)11-12-25-13-15-26(16-14-25)21-9-6-10-23-24(21)29-18-17-28-23/h3-10,20,22,27H,2,11-18H2,1H3. The van der Waals surface area contributed by atoms with E-state index in [1.165, 1.54) is 5.56 Å². The van der Waals surface area contributed by atoms with Crippen LogP contribution in [0.4, 0.5) is 5.69 Å². The Morgan fingerprint density at radius 3 is 2.45 bits per heavy atom. The molecule has 0 aliphatic carbocycles. The molecule has 2 aliphatic heterocycles. The number of benzene rings is 2. The van der Waals surface area contributed by atoms with Gasteiger partial charge in [-0.25, -0.2) is 0 Å². The van der Waals surface area contributed by atoms with Crippen molar-refractivity contribution in [1.29, 1.82) is 0 Å². The maximum absolute atomic E-state index is 10.6. The van der Waals surface area contributed by atoms with E-state index in [1.54, 1.807) is 0 Å². The summed E-state index contributed by atoms with van der Waals surface area (Å²) in [5.74, 6) is 1.95. The van der Waals surface area contributed by atoms with Gasteiger partial charge < -0.3 is 19.5 Å². The molecule has 0 aromatic heterocycles. The summed E-state index contributed by atoms with van der Waals surface area (Å²) >= 11 is 0. The topological polar surface area (TPSA) is 45.2 Å². The van der Waals surface area contributed by atoms with Crippen molar-refractivity contribution < 1.29 is 14.6 Å². The lowest BCUT2D eigenvalue weighted by molar-refractivity contribution is 0.125. The molecule has 0 bridgehead atoms. The molecule has 0 spiro atoms. The zero-order valence-electron chi connectivity index (χ0n) is 17.3. The number of hydrogen-bond donors (Lipinski definition) is 1. The molecular formula is C24H32N2O3.